The number of urea groups is 1. The van der Waals surface area contributed by atoms with Gasteiger partial charge in [-0.1, -0.05) is 12.8 Å². The molecule has 0 bridgehead atoms. The van der Waals surface area contributed by atoms with Gasteiger partial charge in [-0.3, -0.25) is 15.0 Å². The van der Waals surface area contributed by atoms with E-state index in [-0.39, 0.29) is 24.5 Å². The first kappa shape index (κ1) is 15.3. The molecular formula is C14H26N4O2. The third kappa shape index (κ3) is 4.76. The predicted molar refractivity (Wildman–Crippen MR) is 77.5 cm³/mol. The zero-order valence-electron chi connectivity index (χ0n) is 12.3. The third-order valence-corrected chi connectivity index (χ3v) is 4.27. The number of carbonyl (C=O) groups is 2. The van der Waals surface area contributed by atoms with Gasteiger partial charge >= 0.3 is 6.03 Å². The van der Waals surface area contributed by atoms with Crippen LogP contribution in [-0.2, 0) is 4.79 Å². The normalized spacial score (nSPS) is 21.1. The second-order valence-corrected chi connectivity index (χ2v) is 5.90. The van der Waals surface area contributed by atoms with E-state index >= 15 is 0 Å². The molecule has 0 unspecified atom stereocenters. The standard InChI is InChI=1S/C14H26N4O2/c1-18(12-6-8-15-9-7-12)10-13(19)17-14(20)16-11-4-2-3-5-11/h11-12,15H,2-10H2,1H3,(H2,16,17,19,20). The molecule has 1 saturated heterocycles. The summed E-state index contributed by atoms with van der Waals surface area (Å²) in [7, 11) is 1.95. The van der Waals surface area contributed by atoms with Crippen LogP contribution in [-0.4, -0.2) is 55.6 Å². The van der Waals surface area contributed by atoms with Crippen molar-refractivity contribution in [3.05, 3.63) is 0 Å². The SMILES string of the molecule is CN(CC(=O)NC(=O)NC1CCCC1)C1CCNCC1. The van der Waals surface area contributed by atoms with Gasteiger partial charge in [0, 0.05) is 12.1 Å². The predicted octanol–water partition coefficient (Wildman–Crippen LogP) is 0.439. The van der Waals surface area contributed by atoms with E-state index in [0.29, 0.717) is 6.04 Å². The van der Waals surface area contributed by atoms with Crippen molar-refractivity contribution < 1.29 is 9.59 Å². The first-order chi connectivity index (χ1) is 9.65. The number of hydrogen-bond donors (Lipinski definition) is 3. The molecule has 114 valence electrons. The highest BCUT2D eigenvalue weighted by Crippen LogP contribution is 2.17. The van der Waals surface area contributed by atoms with E-state index in [4.69, 9.17) is 0 Å². The van der Waals surface area contributed by atoms with Crippen LogP contribution < -0.4 is 16.0 Å². The van der Waals surface area contributed by atoms with Crippen molar-refractivity contribution in [2.75, 3.05) is 26.7 Å². The molecule has 0 spiro atoms. The summed E-state index contributed by atoms with van der Waals surface area (Å²) in [6.07, 6.45) is 6.48. The Balaban J connectivity index is 1.66. The minimum absolute atomic E-state index is 0.221. The number of piperidine rings is 1. The largest absolute Gasteiger partial charge is 0.335 e. The first-order valence-corrected chi connectivity index (χ1v) is 7.66. The summed E-state index contributed by atoms with van der Waals surface area (Å²) in [5.41, 5.74) is 0. The Labute approximate surface area is 120 Å². The van der Waals surface area contributed by atoms with Crippen molar-refractivity contribution in [2.45, 2.75) is 50.6 Å². The lowest BCUT2D eigenvalue weighted by Gasteiger charge is -2.31. The molecule has 0 radical (unpaired) electrons. The molecule has 20 heavy (non-hydrogen) atoms. The minimum Gasteiger partial charge on any atom is -0.335 e. The second-order valence-electron chi connectivity index (χ2n) is 5.90. The molecule has 3 N–H and O–H groups in total. The number of hydrogen-bond acceptors (Lipinski definition) is 4. The Bertz CT molecular complexity index is 336. The third-order valence-electron chi connectivity index (χ3n) is 4.27. The number of nitrogens with zero attached hydrogens (tertiary/aromatic N) is 1. The highest BCUT2D eigenvalue weighted by molar-refractivity contribution is 5.95. The molecule has 0 aromatic carbocycles. The van der Waals surface area contributed by atoms with Crippen LogP contribution in [0.25, 0.3) is 0 Å². The highest BCUT2D eigenvalue weighted by atomic mass is 16.2. The monoisotopic (exact) mass is 282 g/mol. The van der Waals surface area contributed by atoms with Crippen LogP contribution in [0.2, 0.25) is 0 Å². The van der Waals surface area contributed by atoms with E-state index in [1.807, 2.05) is 11.9 Å². The van der Waals surface area contributed by atoms with Gasteiger partial charge in [0.25, 0.3) is 0 Å². The maximum absolute atomic E-state index is 11.9. The molecule has 3 amide bonds. The minimum atomic E-state index is -0.347. The Morgan fingerprint density at radius 3 is 2.45 bits per heavy atom. The van der Waals surface area contributed by atoms with E-state index in [2.05, 4.69) is 16.0 Å². The van der Waals surface area contributed by atoms with Crippen molar-refractivity contribution >= 4 is 11.9 Å². The molecule has 6 heteroatoms. The Kier molecular flexibility index (Phi) is 5.79. The van der Waals surface area contributed by atoms with E-state index in [9.17, 15) is 9.59 Å². The lowest BCUT2D eigenvalue weighted by molar-refractivity contribution is -0.121. The second kappa shape index (κ2) is 7.59. The fourth-order valence-electron chi connectivity index (χ4n) is 3.06. The topological polar surface area (TPSA) is 73.5 Å². The van der Waals surface area contributed by atoms with E-state index in [1.54, 1.807) is 0 Å². The molecule has 1 saturated carbocycles. The molecule has 1 aliphatic carbocycles. The van der Waals surface area contributed by atoms with Crippen LogP contribution in [0.3, 0.4) is 0 Å². The van der Waals surface area contributed by atoms with Gasteiger partial charge in [0.15, 0.2) is 0 Å². The van der Waals surface area contributed by atoms with E-state index in [1.165, 1.54) is 0 Å². The van der Waals surface area contributed by atoms with E-state index in [0.717, 1.165) is 51.6 Å². The van der Waals surface area contributed by atoms with Gasteiger partial charge in [0.1, 0.15) is 0 Å². The molecule has 6 nitrogen and oxygen atoms in total. The lowest BCUT2D eigenvalue weighted by Crippen LogP contribution is -2.49. The first-order valence-electron chi connectivity index (χ1n) is 7.66. The fourth-order valence-corrected chi connectivity index (χ4v) is 3.06. The number of rotatable bonds is 4. The molecule has 0 aromatic rings. The Morgan fingerprint density at radius 1 is 1.15 bits per heavy atom. The molecule has 2 aliphatic rings. The van der Waals surface area contributed by atoms with Crippen molar-refractivity contribution in [3.63, 3.8) is 0 Å². The zero-order chi connectivity index (χ0) is 14.4. The molecule has 2 rings (SSSR count). The van der Waals surface area contributed by atoms with Crippen LogP contribution in [0.15, 0.2) is 0 Å². The van der Waals surface area contributed by atoms with Crippen LogP contribution >= 0.6 is 0 Å². The van der Waals surface area contributed by atoms with Crippen LogP contribution in [0.4, 0.5) is 4.79 Å². The summed E-state index contributed by atoms with van der Waals surface area (Å²) in [5.74, 6) is -0.221. The van der Waals surface area contributed by atoms with Gasteiger partial charge < -0.3 is 10.6 Å². The van der Waals surface area contributed by atoms with Crippen molar-refractivity contribution in [2.24, 2.45) is 0 Å². The summed E-state index contributed by atoms with van der Waals surface area (Å²) in [6, 6.07) is 0.324. The number of nitrogens with one attached hydrogen (secondary N) is 3. The maximum atomic E-state index is 11.9. The summed E-state index contributed by atoms with van der Waals surface area (Å²) >= 11 is 0. The lowest BCUT2D eigenvalue weighted by atomic mass is 10.1. The average Bonchev–Trinajstić information content (AvgIpc) is 2.92. The number of likely N-dealkylation sites (N-methyl/N-ethyl adjacent to an activating group) is 1. The fraction of sp³-hybridized carbons (Fsp3) is 0.857. The van der Waals surface area contributed by atoms with Gasteiger partial charge in [-0.15, -0.1) is 0 Å². The molecule has 2 fully saturated rings. The summed E-state index contributed by atoms with van der Waals surface area (Å²) in [5, 5.41) is 8.60. The number of amides is 3. The molecule has 1 aliphatic heterocycles. The quantitative estimate of drug-likeness (QED) is 0.699. The van der Waals surface area contributed by atoms with Crippen molar-refractivity contribution in [3.8, 4) is 0 Å². The maximum Gasteiger partial charge on any atom is 0.321 e. The van der Waals surface area contributed by atoms with Crippen molar-refractivity contribution in [1.29, 1.82) is 0 Å². The van der Waals surface area contributed by atoms with E-state index < -0.39 is 0 Å². The Hall–Kier alpha value is -1.14. The zero-order valence-corrected chi connectivity index (χ0v) is 12.3. The molecule has 0 atom stereocenters. The van der Waals surface area contributed by atoms with Crippen LogP contribution in [0.5, 0.6) is 0 Å². The number of carbonyl (C=O) groups excluding carboxylic acids is 2. The molecule has 0 aromatic heterocycles. The van der Waals surface area contributed by atoms with Gasteiger partial charge in [0.2, 0.25) is 5.91 Å². The highest BCUT2D eigenvalue weighted by Gasteiger charge is 2.21. The summed E-state index contributed by atoms with van der Waals surface area (Å²) < 4.78 is 0. The van der Waals surface area contributed by atoms with Gasteiger partial charge in [0.05, 0.1) is 6.54 Å². The Morgan fingerprint density at radius 2 is 1.80 bits per heavy atom. The van der Waals surface area contributed by atoms with Gasteiger partial charge in [-0.2, -0.15) is 0 Å². The molecular weight excluding hydrogens is 256 g/mol. The van der Waals surface area contributed by atoms with Crippen molar-refractivity contribution in [1.82, 2.24) is 20.9 Å². The smallest absolute Gasteiger partial charge is 0.321 e. The summed E-state index contributed by atoms with van der Waals surface area (Å²) in [6.45, 7) is 2.28. The van der Waals surface area contributed by atoms with Crippen LogP contribution in [0, 0.1) is 0 Å². The average molecular weight is 282 g/mol. The summed E-state index contributed by atoms with van der Waals surface area (Å²) in [4.78, 5) is 25.6. The molecule has 1 heterocycles. The van der Waals surface area contributed by atoms with Gasteiger partial charge in [-0.25, -0.2) is 4.79 Å². The number of imide groups is 1. The van der Waals surface area contributed by atoms with Gasteiger partial charge in [-0.05, 0) is 45.8 Å². The van der Waals surface area contributed by atoms with Crippen LogP contribution in [0.1, 0.15) is 38.5 Å².